The second kappa shape index (κ2) is 4.90. The lowest BCUT2D eigenvalue weighted by Gasteiger charge is -1.97. The highest BCUT2D eigenvalue weighted by Crippen LogP contribution is 2.10. The molecule has 1 N–H and O–H groups in total. The molecule has 0 saturated carbocycles. The highest BCUT2D eigenvalue weighted by molar-refractivity contribution is 5.73. The van der Waals surface area contributed by atoms with E-state index in [1.165, 1.54) is 16.9 Å². The van der Waals surface area contributed by atoms with E-state index in [1.807, 2.05) is 0 Å². The summed E-state index contributed by atoms with van der Waals surface area (Å²) in [6.45, 7) is 0.545. The number of halogens is 1. The first kappa shape index (κ1) is 11.5. The molecule has 1 aromatic carbocycles. The molecule has 0 aliphatic carbocycles. The van der Waals surface area contributed by atoms with Gasteiger partial charge in [0.05, 0.1) is 6.54 Å². The zero-order chi connectivity index (χ0) is 12.3. The minimum Gasteiger partial charge on any atom is -0.481 e. The normalized spacial score (nSPS) is 10.9. The van der Waals surface area contributed by atoms with Crippen LogP contribution in [-0.4, -0.2) is 26.1 Å². The fourth-order valence-corrected chi connectivity index (χ4v) is 1.56. The maximum atomic E-state index is 12.9. The third-order valence-corrected chi connectivity index (χ3v) is 2.38. The third kappa shape index (κ3) is 2.99. The lowest BCUT2D eigenvalue weighted by Crippen LogP contribution is -2.03. The molecule has 1 heterocycles. The summed E-state index contributed by atoms with van der Waals surface area (Å²) in [5.41, 5.74) is 1.16. The molecule has 90 valence electrons. The van der Waals surface area contributed by atoms with Gasteiger partial charge in [-0.2, -0.15) is 15.0 Å². The smallest absolute Gasteiger partial charge is 0.303 e. The number of benzene rings is 1. The Bertz CT molecular complexity index is 538. The van der Waals surface area contributed by atoms with Crippen molar-refractivity contribution in [2.75, 3.05) is 0 Å². The Morgan fingerprint density at radius 3 is 2.82 bits per heavy atom. The molecule has 0 saturated heterocycles. The number of aryl methyl sites for hydroxylation is 1. The maximum Gasteiger partial charge on any atom is 0.303 e. The molecule has 0 fully saturated rings. The monoisotopic (exact) mass is 237 g/mol. The van der Waals surface area contributed by atoms with Gasteiger partial charge in [0.1, 0.15) is 16.9 Å². The van der Waals surface area contributed by atoms with Crippen LogP contribution in [0.1, 0.15) is 19.3 Å². The van der Waals surface area contributed by atoms with Gasteiger partial charge < -0.3 is 5.11 Å². The van der Waals surface area contributed by atoms with E-state index in [1.54, 1.807) is 6.07 Å². The number of fused-ring (bicyclic) bond motifs is 1. The molecule has 0 atom stereocenters. The van der Waals surface area contributed by atoms with Gasteiger partial charge in [-0.25, -0.2) is 4.39 Å². The third-order valence-electron chi connectivity index (χ3n) is 2.38. The summed E-state index contributed by atoms with van der Waals surface area (Å²) in [4.78, 5) is 11.8. The van der Waals surface area contributed by atoms with Gasteiger partial charge in [0.2, 0.25) is 0 Å². The van der Waals surface area contributed by atoms with Crippen molar-refractivity contribution in [2.45, 2.75) is 25.8 Å². The van der Waals surface area contributed by atoms with E-state index in [4.69, 9.17) is 5.11 Å². The number of aliphatic carboxylic acids is 1. The van der Waals surface area contributed by atoms with Crippen LogP contribution in [0.3, 0.4) is 0 Å². The van der Waals surface area contributed by atoms with Gasteiger partial charge in [0.15, 0.2) is 0 Å². The maximum absolute atomic E-state index is 12.9. The van der Waals surface area contributed by atoms with E-state index in [0.717, 1.165) is 0 Å². The summed E-state index contributed by atoms with van der Waals surface area (Å²) < 4.78 is 12.9. The highest BCUT2D eigenvalue weighted by Gasteiger charge is 2.04. The Morgan fingerprint density at radius 1 is 1.29 bits per heavy atom. The Labute approximate surface area is 96.9 Å². The van der Waals surface area contributed by atoms with Crippen LogP contribution >= 0.6 is 0 Å². The zero-order valence-electron chi connectivity index (χ0n) is 9.14. The highest BCUT2D eigenvalue weighted by atomic mass is 19.1. The van der Waals surface area contributed by atoms with Crippen LogP contribution in [0.25, 0.3) is 11.0 Å². The Kier molecular flexibility index (Phi) is 3.32. The number of carboxylic acid groups (broad SMARTS) is 1. The number of hydrogen-bond acceptors (Lipinski definition) is 3. The van der Waals surface area contributed by atoms with Crippen molar-refractivity contribution in [1.29, 1.82) is 0 Å². The summed E-state index contributed by atoms with van der Waals surface area (Å²) in [6, 6.07) is 4.24. The van der Waals surface area contributed by atoms with E-state index in [0.29, 0.717) is 30.4 Å². The average molecular weight is 237 g/mol. The number of nitrogens with zero attached hydrogens (tertiary/aromatic N) is 3. The predicted molar refractivity (Wildman–Crippen MR) is 59.0 cm³/mol. The molecule has 2 rings (SSSR count). The molecule has 0 bridgehead atoms. The zero-order valence-corrected chi connectivity index (χ0v) is 9.14. The number of unbranched alkanes of at least 4 members (excludes halogenated alkanes) is 1. The van der Waals surface area contributed by atoms with Crippen LogP contribution in [0.5, 0.6) is 0 Å². The predicted octanol–water partition coefficient (Wildman–Crippen LogP) is 1.83. The van der Waals surface area contributed by atoms with Crippen molar-refractivity contribution in [3.63, 3.8) is 0 Å². The molecule has 0 amide bonds. The fraction of sp³-hybridized carbons (Fsp3) is 0.364. The lowest BCUT2D eigenvalue weighted by atomic mass is 10.2. The first-order chi connectivity index (χ1) is 8.15. The van der Waals surface area contributed by atoms with E-state index in [2.05, 4.69) is 10.2 Å². The summed E-state index contributed by atoms with van der Waals surface area (Å²) in [5, 5.41) is 16.7. The van der Waals surface area contributed by atoms with Crippen molar-refractivity contribution < 1.29 is 14.3 Å². The van der Waals surface area contributed by atoms with Crippen LogP contribution in [0.4, 0.5) is 4.39 Å². The van der Waals surface area contributed by atoms with Gasteiger partial charge in [-0.15, -0.1) is 0 Å². The molecule has 6 heteroatoms. The summed E-state index contributed by atoms with van der Waals surface area (Å²) >= 11 is 0. The standard InChI is InChI=1S/C11H12FN3O2/c12-8-4-5-9-10(7-8)14-15(13-9)6-2-1-3-11(16)17/h4-5,7H,1-3,6H2,(H,16,17). The van der Waals surface area contributed by atoms with Crippen molar-refractivity contribution in [1.82, 2.24) is 15.0 Å². The summed E-state index contributed by atoms with van der Waals surface area (Å²) in [5.74, 6) is -1.14. The minimum atomic E-state index is -0.800. The second-order valence-electron chi connectivity index (χ2n) is 3.78. The van der Waals surface area contributed by atoms with Gasteiger partial charge in [-0.1, -0.05) is 0 Å². The largest absolute Gasteiger partial charge is 0.481 e. The average Bonchev–Trinajstić information content (AvgIpc) is 2.66. The quantitative estimate of drug-likeness (QED) is 0.805. The Balaban J connectivity index is 1.97. The van der Waals surface area contributed by atoms with Crippen LogP contribution < -0.4 is 0 Å². The van der Waals surface area contributed by atoms with Gasteiger partial charge >= 0.3 is 5.97 Å². The summed E-state index contributed by atoms with van der Waals surface area (Å²) in [7, 11) is 0. The van der Waals surface area contributed by atoms with E-state index in [9.17, 15) is 9.18 Å². The topological polar surface area (TPSA) is 68.0 Å². The van der Waals surface area contributed by atoms with Crippen molar-refractivity contribution in [3.05, 3.63) is 24.0 Å². The fourth-order valence-electron chi connectivity index (χ4n) is 1.56. The Morgan fingerprint density at radius 2 is 2.06 bits per heavy atom. The number of rotatable bonds is 5. The summed E-state index contributed by atoms with van der Waals surface area (Å²) in [6.07, 6.45) is 1.42. The number of carbonyl (C=O) groups is 1. The number of hydrogen-bond donors (Lipinski definition) is 1. The minimum absolute atomic E-state index is 0.148. The molecule has 2 aromatic rings. The van der Waals surface area contributed by atoms with Crippen LogP contribution in [-0.2, 0) is 11.3 Å². The SMILES string of the molecule is O=C(O)CCCCn1nc2ccc(F)cc2n1. The Hall–Kier alpha value is -1.98. The lowest BCUT2D eigenvalue weighted by molar-refractivity contribution is -0.137. The van der Waals surface area contributed by atoms with Gasteiger partial charge in [0, 0.05) is 12.5 Å². The molecule has 0 spiro atoms. The van der Waals surface area contributed by atoms with E-state index >= 15 is 0 Å². The van der Waals surface area contributed by atoms with Gasteiger partial charge in [-0.05, 0) is 25.0 Å². The first-order valence-electron chi connectivity index (χ1n) is 5.37. The van der Waals surface area contributed by atoms with E-state index < -0.39 is 5.97 Å². The molecule has 0 radical (unpaired) electrons. The van der Waals surface area contributed by atoms with Crippen LogP contribution in [0, 0.1) is 5.82 Å². The molecule has 0 aliphatic heterocycles. The molecular weight excluding hydrogens is 225 g/mol. The molecular formula is C11H12FN3O2. The van der Waals surface area contributed by atoms with Crippen LogP contribution in [0.2, 0.25) is 0 Å². The van der Waals surface area contributed by atoms with Crippen molar-refractivity contribution in [2.24, 2.45) is 0 Å². The van der Waals surface area contributed by atoms with Crippen molar-refractivity contribution >= 4 is 17.0 Å². The van der Waals surface area contributed by atoms with Gasteiger partial charge in [-0.3, -0.25) is 4.79 Å². The van der Waals surface area contributed by atoms with Gasteiger partial charge in [0.25, 0.3) is 0 Å². The number of carboxylic acids is 1. The number of aromatic nitrogens is 3. The first-order valence-corrected chi connectivity index (χ1v) is 5.37. The molecule has 5 nitrogen and oxygen atoms in total. The second-order valence-corrected chi connectivity index (χ2v) is 3.78. The van der Waals surface area contributed by atoms with Crippen LogP contribution in [0.15, 0.2) is 18.2 Å². The van der Waals surface area contributed by atoms with Crippen molar-refractivity contribution in [3.8, 4) is 0 Å². The molecule has 0 unspecified atom stereocenters. The molecule has 0 aliphatic rings. The molecule has 1 aromatic heterocycles. The molecule has 17 heavy (non-hydrogen) atoms. The van der Waals surface area contributed by atoms with E-state index in [-0.39, 0.29) is 12.2 Å².